The van der Waals surface area contributed by atoms with Gasteiger partial charge in [0.2, 0.25) is 5.91 Å². The fourth-order valence-corrected chi connectivity index (χ4v) is 2.36. The average molecular weight is 305 g/mol. The third-order valence-electron chi connectivity index (χ3n) is 3.62. The van der Waals surface area contributed by atoms with Gasteiger partial charge in [0.1, 0.15) is 17.8 Å². The van der Waals surface area contributed by atoms with E-state index in [9.17, 15) is 14.4 Å². The maximum atomic E-state index is 12.6. The molecule has 1 aliphatic heterocycles. The van der Waals surface area contributed by atoms with E-state index < -0.39 is 17.5 Å². The van der Waals surface area contributed by atoms with Gasteiger partial charge in [0.05, 0.1) is 7.11 Å². The molecule has 118 valence electrons. The number of amides is 4. The third kappa shape index (κ3) is 2.74. The summed E-state index contributed by atoms with van der Waals surface area (Å²) in [4.78, 5) is 37.1. The summed E-state index contributed by atoms with van der Waals surface area (Å²) in [6.45, 7) is 3.54. The zero-order chi connectivity index (χ0) is 16.3. The number of ether oxygens (including phenoxy) is 1. The Labute approximate surface area is 128 Å². The van der Waals surface area contributed by atoms with Crippen molar-refractivity contribution in [1.82, 2.24) is 15.5 Å². The Morgan fingerprint density at radius 3 is 2.50 bits per heavy atom. The Hall–Kier alpha value is -2.57. The van der Waals surface area contributed by atoms with Crippen LogP contribution in [0.2, 0.25) is 0 Å². The van der Waals surface area contributed by atoms with Gasteiger partial charge in [-0.25, -0.2) is 4.79 Å². The zero-order valence-corrected chi connectivity index (χ0v) is 12.8. The molecule has 0 spiro atoms. The predicted octanol–water partition coefficient (Wildman–Crippen LogP) is 0.598. The molecule has 0 aromatic heterocycles. The lowest BCUT2D eigenvalue weighted by molar-refractivity contribution is -0.134. The SMILES string of the molecule is CCNC(=O)CN1C(=O)N[C@](C)(c2ccc(OC)cc2)C1=O. The van der Waals surface area contributed by atoms with Gasteiger partial charge in [-0.05, 0) is 31.5 Å². The summed E-state index contributed by atoms with van der Waals surface area (Å²) >= 11 is 0. The largest absolute Gasteiger partial charge is 0.497 e. The van der Waals surface area contributed by atoms with E-state index in [0.29, 0.717) is 17.9 Å². The highest BCUT2D eigenvalue weighted by atomic mass is 16.5. The van der Waals surface area contributed by atoms with E-state index in [2.05, 4.69) is 10.6 Å². The Kier molecular flexibility index (Phi) is 4.35. The van der Waals surface area contributed by atoms with E-state index in [1.54, 1.807) is 45.2 Å². The van der Waals surface area contributed by atoms with Crippen LogP contribution in [0.3, 0.4) is 0 Å². The average Bonchev–Trinajstić information content (AvgIpc) is 2.72. The molecule has 7 heteroatoms. The lowest BCUT2D eigenvalue weighted by atomic mass is 9.92. The molecule has 1 fully saturated rings. The molecule has 22 heavy (non-hydrogen) atoms. The zero-order valence-electron chi connectivity index (χ0n) is 12.8. The molecule has 1 aromatic rings. The molecule has 0 unspecified atom stereocenters. The number of carbonyl (C=O) groups excluding carboxylic acids is 3. The molecule has 0 aliphatic carbocycles. The van der Waals surface area contributed by atoms with E-state index in [4.69, 9.17) is 4.74 Å². The molecule has 0 saturated carbocycles. The summed E-state index contributed by atoms with van der Waals surface area (Å²) in [7, 11) is 1.55. The van der Waals surface area contributed by atoms with E-state index >= 15 is 0 Å². The lowest BCUT2D eigenvalue weighted by Gasteiger charge is -2.22. The summed E-state index contributed by atoms with van der Waals surface area (Å²) in [5, 5.41) is 5.21. The van der Waals surface area contributed by atoms with Crippen LogP contribution < -0.4 is 15.4 Å². The topological polar surface area (TPSA) is 87.7 Å². The molecule has 4 amide bonds. The summed E-state index contributed by atoms with van der Waals surface area (Å²) in [6.07, 6.45) is 0. The second-order valence-electron chi connectivity index (χ2n) is 5.13. The molecule has 1 aliphatic rings. The highest BCUT2D eigenvalue weighted by Gasteiger charge is 2.49. The molecule has 1 atom stereocenters. The van der Waals surface area contributed by atoms with Gasteiger partial charge in [-0.15, -0.1) is 0 Å². The van der Waals surface area contributed by atoms with Crippen molar-refractivity contribution < 1.29 is 19.1 Å². The first-order valence-corrected chi connectivity index (χ1v) is 6.97. The number of nitrogens with one attached hydrogen (secondary N) is 2. The second kappa shape index (κ2) is 6.05. The maximum absolute atomic E-state index is 12.6. The first-order valence-electron chi connectivity index (χ1n) is 6.97. The maximum Gasteiger partial charge on any atom is 0.325 e. The third-order valence-corrected chi connectivity index (χ3v) is 3.62. The molecule has 0 radical (unpaired) electrons. The summed E-state index contributed by atoms with van der Waals surface area (Å²) in [5.74, 6) is -0.165. The Morgan fingerprint density at radius 2 is 1.95 bits per heavy atom. The van der Waals surface area contributed by atoms with E-state index in [1.807, 2.05) is 0 Å². The molecule has 0 bridgehead atoms. The van der Waals surface area contributed by atoms with Gasteiger partial charge < -0.3 is 15.4 Å². The highest BCUT2D eigenvalue weighted by molar-refractivity contribution is 6.09. The van der Waals surface area contributed by atoms with Gasteiger partial charge in [0, 0.05) is 6.54 Å². The number of hydrogen-bond donors (Lipinski definition) is 2. The quantitative estimate of drug-likeness (QED) is 0.780. The van der Waals surface area contributed by atoms with Gasteiger partial charge in [-0.2, -0.15) is 0 Å². The van der Waals surface area contributed by atoms with Crippen molar-refractivity contribution in [2.24, 2.45) is 0 Å². The van der Waals surface area contributed by atoms with Gasteiger partial charge in [-0.3, -0.25) is 14.5 Å². The number of imide groups is 1. The van der Waals surface area contributed by atoms with E-state index in [-0.39, 0.29) is 12.5 Å². The summed E-state index contributed by atoms with van der Waals surface area (Å²) in [6, 6.07) is 6.28. The second-order valence-corrected chi connectivity index (χ2v) is 5.13. The van der Waals surface area contributed by atoms with Crippen LogP contribution in [0.4, 0.5) is 4.79 Å². The predicted molar refractivity (Wildman–Crippen MR) is 79.3 cm³/mol. The molecule has 1 heterocycles. The number of urea groups is 1. The molecule has 2 rings (SSSR count). The van der Waals surface area contributed by atoms with Crippen LogP contribution in [0, 0.1) is 0 Å². The first-order chi connectivity index (χ1) is 10.4. The lowest BCUT2D eigenvalue weighted by Crippen LogP contribution is -2.43. The van der Waals surface area contributed by atoms with Gasteiger partial charge in [0.25, 0.3) is 5.91 Å². The fraction of sp³-hybridized carbons (Fsp3) is 0.400. The number of methoxy groups -OCH3 is 1. The van der Waals surface area contributed by atoms with Crippen LogP contribution in [0.15, 0.2) is 24.3 Å². The first kappa shape index (κ1) is 15.8. The number of rotatable bonds is 5. The molecule has 7 nitrogen and oxygen atoms in total. The molecular weight excluding hydrogens is 286 g/mol. The van der Waals surface area contributed by atoms with Gasteiger partial charge in [0.15, 0.2) is 0 Å². The van der Waals surface area contributed by atoms with E-state index in [1.165, 1.54) is 0 Å². The summed E-state index contributed by atoms with van der Waals surface area (Å²) in [5.41, 5.74) is -0.555. The van der Waals surface area contributed by atoms with Crippen molar-refractivity contribution >= 4 is 17.8 Å². The molecule has 2 N–H and O–H groups in total. The number of carbonyl (C=O) groups is 3. The Bertz CT molecular complexity index is 599. The normalized spacial score (nSPS) is 20.8. The fourth-order valence-electron chi connectivity index (χ4n) is 2.36. The van der Waals surface area contributed by atoms with Crippen molar-refractivity contribution in [1.29, 1.82) is 0 Å². The molecule has 1 aromatic carbocycles. The van der Waals surface area contributed by atoms with Crippen molar-refractivity contribution in [2.75, 3.05) is 20.2 Å². The highest BCUT2D eigenvalue weighted by Crippen LogP contribution is 2.29. The number of nitrogens with zero attached hydrogens (tertiary/aromatic N) is 1. The standard InChI is InChI=1S/C15H19N3O4/c1-4-16-12(19)9-18-13(20)15(2,17-14(18)21)10-5-7-11(22-3)8-6-10/h5-8H,4,9H2,1-3H3,(H,16,19)(H,17,21)/t15-/m1/s1. The van der Waals surface area contributed by atoms with Crippen LogP contribution in [0.25, 0.3) is 0 Å². The number of benzene rings is 1. The molecule has 1 saturated heterocycles. The number of likely N-dealkylation sites (N-methyl/N-ethyl adjacent to an activating group) is 1. The molecular formula is C15H19N3O4. The van der Waals surface area contributed by atoms with Crippen molar-refractivity contribution in [2.45, 2.75) is 19.4 Å². The smallest absolute Gasteiger partial charge is 0.325 e. The van der Waals surface area contributed by atoms with Crippen LogP contribution in [-0.2, 0) is 15.1 Å². The minimum absolute atomic E-state index is 0.287. The van der Waals surface area contributed by atoms with Crippen molar-refractivity contribution in [3.8, 4) is 5.75 Å². The van der Waals surface area contributed by atoms with E-state index in [0.717, 1.165) is 4.90 Å². The number of hydrogen-bond acceptors (Lipinski definition) is 4. The van der Waals surface area contributed by atoms with Crippen LogP contribution in [0.1, 0.15) is 19.4 Å². The minimum Gasteiger partial charge on any atom is -0.497 e. The van der Waals surface area contributed by atoms with Crippen LogP contribution >= 0.6 is 0 Å². The minimum atomic E-state index is -1.18. The Morgan fingerprint density at radius 1 is 1.32 bits per heavy atom. The van der Waals surface area contributed by atoms with Crippen molar-refractivity contribution in [3.63, 3.8) is 0 Å². The van der Waals surface area contributed by atoms with Gasteiger partial charge >= 0.3 is 6.03 Å². The van der Waals surface area contributed by atoms with Crippen LogP contribution in [-0.4, -0.2) is 42.9 Å². The Balaban J connectivity index is 2.23. The summed E-state index contributed by atoms with van der Waals surface area (Å²) < 4.78 is 5.08. The van der Waals surface area contributed by atoms with Gasteiger partial charge in [-0.1, -0.05) is 12.1 Å². The van der Waals surface area contributed by atoms with Crippen LogP contribution in [0.5, 0.6) is 5.75 Å². The van der Waals surface area contributed by atoms with Crippen molar-refractivity contribution in [3.05, 3.63) is 29.8 Å². The monoisotopic (exact) mass is 305 g/mol.